The van der Waals surface area contributed by atoms with Gasteiger partial charge in [0.1, 0.15) is 0 Å². The standard InChI is InChI=1S/C7H14F3N/c1-3-6(11-2)4-5-7(8,9)10/h6,11H,3-5H2,1-2H3. The van der Waals surface area contributed by atoms with Crippen LogP contribution in [0.4, 0.5) is 13.2 Å². The molecule has 0 aliphatic rings. The Labute approximate surface area is 65.0 Å². The predicted octanol–water partition coefficient (Wildman–Crippen LogP) is 2.33. The fraction of sp³-hybridized carbons (Fsp3) is 1.00. The van der Waals surface area contributed by atoms with Crippen LogP contribution in [0.25, 0.3) is 0 Å². The number of rotatable bonds is 4. The lowest BCUT2D eigenvalue weighted by Gasteiger charge is -2.14. The van der Waals surface area contributed by atoms with Crippen LogP contribution in [0, 0.1) is 0 Å². The highest BCUT2D eigenvalue weighted by Crippen LogP contribution is 2.22. The van der Waals surface area contributed by atoms with Gasteiger partial charge in [-0.25, -0.2) is 0 Å². The Morgan fingerprint density at radius 2 is 1.91 bits per heavy atom. The van der Waals surface area contributed by atoms with E-state index in [-0.39, 0.29) is 12.5 Å². The van der Waals surface area contributed by atoms with Gasteiger partial charge in [-0.15, -0.1) is 0 Å². The second-order valence-electron chi connectivity index (χ2n) is 2.55. The van der Waals surface area contributed by atoms with Crippen molar-refractivity contribution in [3.63, 3.8) is 0 Å². The third-order valence-electron chi connectivity index (χ3n) is 1.68. The zero-order chi connectivity index (χ0) is 8.91. The van der Waals surface area contributed by atoms with E-state index in [1.54, 1.807) is 7.05 Å². The molecule has 0 rings (SSSR count). The molecular formula is C7H14F3N. The average Bonchev–Trinajstić information content (AvgIpc) is 1.88. The molecule has 1 atom stereocenters. The van der Waals surface area contributed by atoms with E-state index in [2.05, 4.69) is 5.32 Å². The third-order valence-corrected chi connectivity index (χ3v) is 1.68. The lowest BCUT2D eigenvalue weighted by Crippen LogP contribution is -2.26. The van der Waals surface area contributed by atoms with Gasteiger partial charge in [-0.05, 0) is 19.9 Å². The molecule has 0 bridgehead atoms. The second-order valence-corrected chi connectivity index (χ2v) is 2.55. The average molecular weight is 169 g/mol. The zero-order valence-electron chi connectivity index (χ0n) is 6.83. The van der Waals surface area contributed by atoms with Gasteiger partial charge in [0.05, 0.1) is 0 Å². The minimum absolute atomic E-state index is 0.00313. The fourth-order valence-electron chi connectivity index (χ4n) is 0.890. The van der Waals surface area contributed by atoms with Gasteiger partial charge in [0.15, 0.2) is 0 Å². The van der Waals surface area contributed by atoms with E-state index in [4.69, 9.17) is 0 Å². The van der Waals surface area contributed by atoms with Gasteiger partial charge in [-0.1, -0.05) is 6.92 Å². The van der Waals surface area contributed by atoms with Crippen molar-refractivity contribution in [1.82, 2.24) is 5.32 Å². The SMILES string of the molecule is CCC(CCC(F)(F)F)NC. The maximum Gasteiger partial charge on any atom is 0.389 e. The van der Waals surface area contributed by atoms with Crippen molar-refractivity contribution in [3.05, 3.63) is 0 Å². The summed E-state index contributed by atoms with van der Waals surface area (Å²) < 4.78 is 35.0. The Bertz CT molecular complexity index is 96.3. The van der Waals surface area contributed by atoms with Gasteiger partial charge < -0.3 is 5.32 Å². The van der Waals surface area contributed by atoms with Gasteiger partial charge in [0.2, 0.25) is 0 Å². The van der Waals surface area contributed by atoms with Crippen molar-refractivity contribution < 1.29 is 13.2 Å². The van der Waals surface area contributed by atoms with Crippen LogP contribution in [0.2, 0.25) is 0 Å². The molecule has 68 valence electrons. The van der Waals surface area contributed by atoms with Gasteiger partial charge >= 0.3 is 6.18 Å². The van der Waals surface area contributed by atoms with Crippen molar-refractivity contribution in [2.45, 2.75) is 38.4 Å². The summed E-state index contributed by atoms with van der Waals surface area (Å²) in [5.41, 5.74) is 0. The van der Waals surface area contributed by atoms with Crippen LogP contribution < -0.4 is 5.32 Å². The minimum Gasteiger partial charge on any atom is -0.317 e. The zero-order valence-corrected chi connectivity index (χ0v) is 6.83. The highest BCUT2D eigenvalue weighted by Gasteiger charge is 2.27. The normalized spacial score (nSPS) is 15.0. The predicted molar refractivity (Wildman–Crippen MR) is 38.4 cm³/mol. The first-order chi connectivity index (χ1) is 4.99. The van der Waals surface area contributed by atoms with Crippen LogP contribution in [0.1, 0.15) is 26.2 Å². The summed E-state index contributed by atoms with van der Waals surface area (Å²) in [5, 5.41) is 2.82. The summed E-state index contributed by atoms with van der Waals surface area (Å²) in [6.45, 7) is 1.87. The molecule has 1 nitrogen and oxygen atoms in total. The Balaban J connectivity index is 3.51. The molecule has 0 aromatic carbocycles. The van der Waals surface area contributed by atoms with E-state index in [0.29, 0.717) is 0 Å². The first kappa shape index (κ1) is 10.8. The highest BCUT2D eigenvalue weighted by molar-refractivity contribution is 4.64. The monoisotopic (exact) mass is 169 g/mol. The summed E-state index contributed by atoms with van der Waals surface area (Å²) in [6.07, 6.45) is -3.78. The van der Waals surface area contributed by atoms with Gasteiger partial charge in [0, 0.05) is 12.5 Å². The van der Waals surface area contributed by atoms with Crippen LogP contribution in [-0.4, -0.2) is 19.3 Å². The quantitative estimate of drug-likeness (QED) is 0.681. The highest BCUT2D eigenvalue weighted by atomic mass is 19.4. The lowest BCUT2D eigenvalue weighted by molar-refractivity contribution is -0.136. The third kappa shape index (κ3) is 6.16. The second kappa shape index (κ2) is 4.59. The smallest absolute Gasteiger partial charge is 0.317 e. The largest absolute Gasteiger partial charge is 0.389 e. The summed E-state index contributed by atoms with van der Waals surface area (Å²) in [7, 11) is 1.69. The van der Waals surface area contributed by atoms with E-state index in [9.17, 15) is 13.2 Å². The Morgan fingerprint density at radius 1 is 1.36 bits per heavy atom. The Morgan fingerprint density at radius 3 is 2.18 bits per heavy atom. The van der Waals surface area contributed by atoms with E-state index in [1.165, 1.54) is 0 Å². The topological polar surface area (TPSA) is 12.0 Å². The van der Waals surface area contributed by atoms with E-state index >= 15 is 0 Å². The molecule has 0 saturated heterocycles. The molecule has 0 spiro atoms. The van der Waals surface area contributed by atoms with Gasteiger partial charge in [-0.3, -0.25) is 0 Å². The van der Waals surface area contributed by atoms with E-state index < -0.39 is 12.6 Å². The molecular weight excluding hydrogens is 155 g/mol. The van der Waals surface area contributed by atoms with Crippen LogP contribution in [-0.2, 0) is 0 Å². The van der Waals surface area contributed by atoms with Crippen LogP contribution in [0.3, 0.4) is 0 Å². The molecule has 0 aliphatic heterocycles. The molecule has 0 aliphatic carbocycles. The van der Waals surface area contributed by atoms with Crippen LogP contribution in [0.15, 0.2) is 0 Å². The maximum atomic E-state index is 11.7. The number of nitrogens with one attached hydrogen (secondary N) is 1. The Hall–Kier alpha value is -0.250. The van der Waals surface area contributed by atoms with Crippen molar-refractivity contribution in [2.24, 2.45) is 0 Å². The number of hydrogen-bond donors (Lipinski definition) is 1. The Kier molecular flexibility index (Phi) is 4.49. The number of halogens is 3. The van der Waals surface area contributed by atoms with E-state index in [1.807, 2.05) is 6.92 Å². The molecule has 0 amide bonds. The fourth-order valence-corrected chi connectivity index (χ4v) is 0.890. The van der Waals surface area contributed by atoms with Crippen molar-refractivity contribution in [3.8, 4) is 0 Å². The van der Waals surface area contributed by atoms with Crippen molar-refractivity contribution >= 4 is 0 Å². The number of hydrogen-bond acceptors (Lipinski definition) is 1. The van der Waals surface area contributed by atoms with E-state index in [0.717, 1.165) is 6.42 Å². The first-order valence-electron chi connectivity index (χ1n) is 3.73. The van der Waals surface area contributed by atoms with Crippen LogP contribution in [0.5, 0.6) is 0 Å². The molecule has 1 unspecified atom stereocenters. The summed E-state index contributed by atoms with van der Waals surface area (Å²) in [5.74, 6) is 0. The maximum absolute atomic E-state index is 11.7. The summed E-state index contributed by atoms with van der Waals surface area (Å²) in [4.78, 5) is 0. The van der Waals surface area contributed by atoms with Gasteiger partial charge in [-0.2, -0.15) is 13.2 Å². The minimum atomic E-state index is -4.01. The molecule has 0 aromatic rings. The number of alkyl halides is 3. The lowest BCUT2D eigenvalue weighted by atomic mass is 10.1. The molecule has 11 heavy (non-hydrogen) atoms. The van der Waals surface area contributed by atoms with Gasteiger partial charge in [0.25, 0.3) is 0 Å². The molecule has 0 heterocycles. The van der Waals surface area contributed by atoms with Crippen LogP contribution >= 0.6 is 0 Å². The van der Waals surface area contributed by atoms with Crippen molar-refractivity contribution in [1.29, 1.82) is 0 Å². The molecule has 1 N–H and O–H groups in total. The molecule has 0 saturated carbocycles. The molecule has 0 aromatic heterocycles. The molecule has 4 heteroatoms. The summed E-state index contributed by atoms with van der Waals surface area (Å²) in [6, 6.07) is -0.00313. The molecule has 0 radical (unpaired) electrons. The van der Waals surface area contributed by atoms with Crippen molar-refractivity contribution in [2.75, 3.05) is 7.05 Å². The first-order valence-corrected chi connectivity index (χ1v) is 3.73. The summed E-state index contributed by atoms with van der Waals surface area (Å²) >= 11 is 0. The molecule has 0 fully saturated rings.